The third-order valence-electron chi connectivity index (χ3n) is 5.00. The average molecular weight is 238 g/mol. The molecule has 0 aromatic heterocycles. The summed E-state index contributed by atoms with van der Waals surface area (Å²) >= 11 is 0. The Hall–Kier alpha value is -0.120. The lowest BCUT2D eigenvalue weighted by atomic mass is 9.87. The van der Waals surface area contributed by atoms with E-state index in [4.69, 9.17) is 0 Å². The number of piperazine rings is 1. The van der Waals surface area contributed by atoms with Crippen LogP contribution in [0.15, 0.2) is 0 Å². The molecule has 0 aromatic carbocycles. The molecule has 0 radical (unpaired) electrons. The van der Waals surface area contributed by atoms with Crippen LogP contribution in [0.4, 0.5) is 0 Å². The van der Waals surface area contributed by atoms with Gasteiger partial charge in [0, 0.05) is 32.2 Å². The van der Waals surface area contributed by atoms with Crippen LogP contribution in [0.3, 0.4) is 0 Å². The van der Waals surface area contributed by atoms with Crippen LogP contribution < -0.4 is 0 Å². The largest absolute Gasteiger partial charge is 0.393 e. The molecule has 1 aliphatic carbocycles. The van der Waals surface area contributed by atoms with Crippen LogP contribution in [-0.2, 0) is 0 Å². The third kappa shape index (κ3) is 2.83. The number of rotatable bonds is 2. The molecule has 1 atom stereocenters. The fourth-order valence-corrected chi connectivity index (χ4v) is 3.91. The molecule has 3 fully saturated rings. The fourth-order valence-electron chi connectivity index (χ4n) is 3.91. The first kappa shape index (κ1) is 11.9. The van der Waals surface area contributed by atoms with E-state index in [0.717, 1.165) is 24.8 Å². The topological polar surface area (TPSA) is 26.7 Å². The Morgan fingerprint density at radius 3 is 2.59 bits per heavy atom. The van der Waals surface area contributed by atoms with E-state index in [1.807, 2.05) is 0 Å². The minimum absolute atomic E-state index is 0.00192. The monoisotopic (exact) mass is 238 g/mol. The Morgan fingerprint density at radius 2 is 1.76 bits per heavy atom. The summed E-state index contributed by atoms with van der Waals surface area (Å²) in [7, 11) is 0. The Balaban J connectivity index is 1.46. The smallest absolute Gasteiger partial charge is 0.0540 e. The molecule has 0 spiro atoms. The maximum atomic E-state index is 9.54. The van der Waals surface area contributed by atoms with E-state index in [1.54, 1.807) is 0 Å². The fraction of sp³-hybridized carbons (Fsp3) is 1.00. The molecule has 0 amide bonds. The van der Waals surface area contributed by atoms with Crippen molar-refractivity contribution >= 4 is 0 Å². The summed E-state index contributed by atoms with van der Waals surface area (Å²) in [4.78, 5) is 5.37. The van der Waals surface area contributed by atoms with Crippen molar-refractivity contribution in [1.29, 1.82) is 0 Å². The maximum Gasteiger partial charge on any atom is 0.0540 e. The summed E-state index contributed by atoms with van der Waals surface area (Å²) in [5.74, 6) is 0.853. The Labute approximate surface area is 105 Å². The Morgan fingerprint density at radius 1 is 0.941 bits per heavy atom. The van der Waals surface area contributed by atoms with E-state index in [0.29, 0.717) is 0 Å². The molecule has 2 saturated heterocycles. The molecule has 0 aromatic rings. The van der Waals surface area contributed by atoms with Gasteiger partial charge in [0.15, 0.2) is 0 Å². The molecular weight excluding hydrogens is 212 g/mol. The molecule has 1 unspecified atom stereocenters. The van der Waals surface area contributed by atoms with Crippen LogP contribution in [0.25, 0.3) is 0 Å². The number of aliphatic hydroxyl groups excluding tert-OH is 1. The first-order valence-corrected chi connectivity index (χ1v) is 7.46. The predicted molar refractivity (Wildman–Crippen MR) is 69.0 cm³/mol. The maximum absolute atomic E-state index is 9.54. The molecule has 3 aliphatic rings. The lowest BCUT2D eigenvalue weighted by molar-refractivity contribution is 0.0635. The first-order valence-electron chi connectivity index (χ1n) is 7.46. The van der Waals surface area contributed by atoms with Crippen molar-refractivity contribution in [2.24, 2.45) is 5.92 Å². The molecule has 17 heavy (non-hydrogen) atoms. The van der Waals surface area contributed by atoms with E-state index >= 15 is 0 Å². The van der Waals surface area contributed by atoms with Crippen LogP contribution >= 0.6 is 0 Å². The average Bonchev–Trinajstić information content (AvgIpc) is 2.79. The zero-order valence-corrected chi connectivity index (χ0v) is 10.9. The highest BCUT2D eigenvalue weighted by molar-refractivity contribution is 4.87. The minimum atomic E-state index is -0.00192. The van der Waals surface area contributed by atoms with Gasteiger partial charge in [-0.1, -0.05) is 0 Å². The summed E-state index contributed by atoms with van der Waals surface area (Å²) in [5, 5.41) is 9.54. The summed E-state index contributed by atoms with van der Waals surface area (Å²) in [6.07, 6.45) is 7.38. The van der Waals surface area contributed by atoms with Crippen molar-refractivity contribution in [1.82, 2.24) is 9.80 Å². The first-order chi connectivity index (χ1) is 8.31. The van der Waals surface area contributed by atoms with Crippen molar-refractivity contribution in [3.05, 3.63) is 0 Å². The zero-order chi connectivity index (χ0) is 11.7. The lowest BCUT2D eigenvalue weighted by Gasteiger charge is -2.40. The van der Waals surface area contributed by atoms with Crippen LogP contribution in [0.5, 0.6) is 0 Å². The molecule has 98 valence electrons. The van der Waals surface area contributed by atoms with Gasteiger partial charge < -0.3 is 10.0 Å². The standard InChI is InChI=1S/C14H26N2O/c17-14-5-3-12(4-6-14)10-15-8-9-16-7-1-2-13(16)11-15/h12-14,17H,1-11H2. The van der Waals surface area contributed by atoms with Gasteiger partial charge in [-0.3, -0.25) is 4.90 Å². The molecule has 2 aliphatic heterocycles. The molecule has 0 bridgehead atoms. The second kappa shape index (κ2) is 5.25. The van der Waals surface area contributed by atoms with Crippen LogP contribution in [0.2, 0.25) is 0 Å². The second-order valence-corrected chi connectivity index (χ2v) is 6.27. The van der Waals surface area contributed by atoms with Gasteiger partial charge in [0.2, 0.25) is 0 Å². The van der Waals surface area contributed by atoms with E-state index in [2.05, 4.69) is 9.80 Å². The third-order valence-corrected chi connectivity index (χ3v) is 5.00. The van der Waals surface area contributed by atoms with Crippen LogP contribution in [-0.4, -0.2) is 59.8 Å². The summed E-state index contributed by atoms with van der Waals surface area (Å²) in [5.41, 5.74) is 0. The van der Waals surface area contributed by atoms with Gasteiger partial charge in [-0.05, 0) is 51.0 Å². The molecule has 3 nitrogen and oxygen atoms in total. The SMILES string of the molecule is OC1CCC(CN2CCN3CCCC3C2)CC1. The Kier molecular flexibility index (Phi) is 3.69. The van der Waals surface area contributed by atoms with Crippen molar-refractivity contribution in [2.45, 2.75) is 50.7 Å². The number of fused-ring (bicyclic) bond motifs is 1. The van der Waals surface area contributed by atoms with Crippen molar-refractivity contribution < 1.29 is 5.11 Å². The highest BCUT2D eigenvalue weighted by Crippen LogP contribution is 2.27. The van der Waals surface area contributed by atoms with E-state index in [-0.39, 0.29) is 6.10 Å². The predicted octanol–water partition coefficient (Wildman–Crippen LogP) is 1.32. The van der Waals surface area contributed by atoms with Crippen molar-refractivity contribution in [2.75, 3.05) is 32.7 Å². The van der Waals surface area contributed by atoms with Gasteiger partial charge in [-0.25, -0.2) is 0 Å². The van der Waals surface area contributed by atoms with Gasteiger partial charge in [0.25, 0.3) is 0 Å². The number of hydrogen-bond donors (Lipinski definition) is 1. The van der Waals surface area contributed by atoms with E-state index in [9.17, 15) is 5.11 Å². The van der Waals surface area contributed by atoms with Crippen molar-refractivity contribution in [3.8, 4) is 0 Å². The quantitative estimate of drug-likeness (QED) is 0.786. The molecule has 1 N–H and O–H groups in total. The van der Waals surface area contributed by atoms with Gasteiger partial charge in [0.1, 0.15) is 0 Å². The highest BCUT2D eigenvalue weighted by Gasteiger charge is 2.31. The number of aliphatic hydroxyl groups is 1. The highest BCUT2D eigenvalue weighted by atomic mass is 16.3. The van der Waals surface area contributed by atoms with Gasteiger partial charge in [0.05, 0.1) is 6.10 Å². The normalized spacial score (nSPS) is 40.4. The summed E-state index contributed by atoms with van der Waals surface area (Å²) < 4.78 is 0. The number of hydrogen-bond acceptors (Lipinski definition) is 3. The lowest BCUT2D eigenvalue weighted by Crippen LogP contribution is -2.51. The van der Waals surface area contributed by atoms with E-state index < -0.39 is 0 Å². The van der Waals surface area contributed by atoms with Crippen LogP contribution in [0, 0.1) is 5.92 Å². The van der Waals surface area contributed by atoms with Gasteiger partial charge in [-0.15, -0.1) is 0 Å². The van der Waals surface area contributed by atoms with Crippen molar-refractivity contribution in [3.63, 3.8) is 0 Å². The van der Waals surface area contributed by atoms with Crippen LogP contribution in [0.1, 0.15) is 38.5 Å². The minimum Gasteiger partial charge on any atom is -0.393 e. The molecule has 2 heterocycles. The zero-order valence-electron chi connectivity index (χ0n) is 10.9. The molecule has 3 rings (SSSR count). The second-order valence-electron chi connectivity index (χ2n) is 6.27. The summed E-state index contributed by atoms with van der Waals surface area (Å²) in [6.45, 7) is 6.50. The molecular formula is C14H26N2O. The number of nitrogens with zero attached hydrogens (tertiary/aromatic N) is 2. The van der Waals surface area contributed by atoms with Gasteiger partial charge >= 0.3 is 0 Å². The Bertz CT molecular complexity index is 251. The summed E-state index contributed by atoms with van der Waals surface area (Å²) in [6, 6.07) is 0.859. The molecule has 1 saturated carbocycles. The van der Waals surface area contributed by atoms with Gasteiger partial charge in [-0.2, -0.15) is 0 Å². The molecule has 3 heteroatoms. The van der Waals surface area contributed by atoms with E-state index in [1.165, 1.54) is 58.4 Å².